The molecule has 0 bridgehead atoms. The second kappa shape index (κ2) is 10.7. The van der Waals surface area contributed by atoms with Crippen LogP contribution in [0.3, 0.4) is 0 Å². The molecule has 168 valence electrons. The predicted octanol–water partition coefficient (Wildman–Crippen LogP) is 4.35. The van der Waals surface area contributed by atoms with E-state index in [0.29, 0.717) is 23.0 Å². The van der Waals surface area contributed by atoms with Gasteiger partial charge in [-0.15, -0.1) is 0 Å². The molecule has 0 aliphatic heterocycles. The summed E-state index contributed by atoms with van der Waals surface area (Å²) in [6.45, 7) is 0.490. The van der Waals surface area contributed by atoms with Gasteiger partial charge in [0.05, 0.1) is 4.90 Å². The third-order valence-electron chi connectivity index (χ3n) is 5.56. The first-order chi connectivity index (χ1) is 14.8. The van der Waals surface area contributed by atoms with Gasteiger partial charge < -0.3 is 11.1 Å². The molecule has 1 unspecified atom stereocenters. The van der Waals surface area contributed by atoms with E-state index in [2.05, 4.69) is 5.32 Å². The monoisotopic (exact) mass is 481 g/mol. The van der Waals surface area contributed by atoms with Crippen LogP contribution in [-0.4, -0.2) is 26.6 Å². The molecule has 3 rings (SSSR count). The zero-order valence-corrected chi connectivity index (χ0v) is 19.6. The first-order valence-corrected chi connectivity index (χ1v) is 13.3. The highest BCUT2D eigenvalue weighted by atomic mass is 35.5. The Morgan fingerprint density at radius 1 is 1.13 bits per heavy atom. The van der Waals surface area contributed by atoms with Crippen LogP contribution in [0.15, 0.2) is 47.4 Å². The Balaban J connectivity index is 1.60. The molecule has 1 aliphatic carbocycles. The van der Waals surface area contributed by atoms with Crippen molar-refractivity contribution in [2.45, 2.75) is 42.2 Å². The van der Waals surface area contributed by atoms with Crippen molar-refractivity contribution in [1.82, 2.24) is 5.32 Å². The molecular formula is C22H28ClN3O3S2. The fraction of sp³-hybridized carbons (Fsp3) is 0.409. The molecule has 1 atom stereocenters. The average Bonchev–Trinajstić information content (AvgIpc) is 2.75. The number of hydrogen-bond donors (Lipinski definition) is 3. The Labute approximate surface area is 193 Å². The minimum absolute atomic E-state index is 0.0194. The molecule has 1 amide bonds. The molecule has 6 nitrogen and oxygen atoms in total. The topological polar surface area (TPSA) is 115 Å². The fourth-order valence-electron chi connectivity index (χ4n) is 3.96. The maximum absolute atomic E-state index is 12.4. The molecule has 0 saturated heterocycles. The van der Waals surface area contributed by atoms with Gasteiger partial charge in [0.2, 0.25) is 10.0 Å². The molecule has 2 aromatic rings. The van der Waals surface area contributed by atoms with Gasteiger partial charge in [0.15, 0.2) is 0 Å². The summed E-state index contributed by atoms with van der Waals surface area (Å²) in [7, 11) is -3.77. The maximum Gasteiger partial charge on any atom is 0.251 e. The van der Waals surface area contributed by atoms with Gasteiger partial charge in [-0.1, -0.05) is 30.9 Å². The number of nitrogens with one attached hydrogen (secondary N) is 1. The highest BCUT2D eigenvalue weighted by molar-refractivity contribution is 7.99. The van der Waals surface area contributed by atoms with Crippen LogP contribution in [0.4, 0.5) is 5.69 Å². The maximum atomic E-state index is 12.4. The molecular weight excluding hydrogens is 454 g/mol. The zero-order valence-electron chi connectivity index (χ0n) is 17.2. The number of halogens is 1. The van der Waals surface area contributed by atoms with E-state index in [0.717, 1.165) is 17.0 Å². The number of carbonyl (C=O) groups is 1. The molecule has 1 aliphatic rings. The molecule has 1 saturated carbocycles. The van der Waals surface area contributed by atoms with Crippen LogP contribution in [0.5, 0.6) is 0 Å². The highest BCUT2D eigenvalue weighted by Crippen LogP contribution is 2.45. The average molecular weight is 482 g/mol. The van der Waals surface area contributed by atoms with Gasteiger partial charge in [0.25, 0.3) is 5.91 Å². The summed E-state index contributed by atoms with van der Waals surface area (Å²) >= 11 is 8.04. The quantitative estimate of drug-likeness (QED) is 0.383. The van der Waals surface area contributed by atoms with Crippen LogP contribution < -0.4 is 16.2 Å². The standard InChI is InChI=1S/C22H28ClN3O3S2/c23-17-8-11-20(24)19(14-17)21(15-4-2-1-3-5-15)30-13-12-26-22(27)16-6-9-18(10-7-16)31(25,28)29/h6-11,14-15,21H,1-5,12-13,24H2,(H,26,27)(H2,25,28,29). The summed E-state index contributed by atoms with van der Waals surface area (Å²) < 4.78 is 22.7. The number of carbonyl (C=O) groups excluding carboxylic acids is 1. The molecule has 9 heteroatoms. The van der Waals surface area contributed by atoms with Gasteiger partial charge in [-0.05, 0) is 66.8 Å². The Morgan fingerprint density at radius 3 is 2.45 bits per heavy atom. The second-order valence-electron chi connectivity index (χ2n) is 7.79. The Bertz CT molecular complexity index is 1010. The van der Waals surface area contributed by atoms with E-state index in [1.165, 1.54) is 56.4 Å². The fourth-order valence-corrected chi connectivity index (χ4v) is 6.06. The van der Waals surface area contributed by atoms with Gasteiger partial charge >= 0.3 is 0 Å². The molecule has 1 fully saturated rings. The number of thioether (sulfide) groups is 1. The summed E-state index contributed by atoms with van der Waals surface area (Å²) in [5, 5.41) is 8.91. The SMILES string of the molecule is Nc1ccc(Cl)cc1C(SCCNC(=O)c1ccc(S(N)(=O)=O)cc1)C1CCCCC1. The largest absolute Gasteiger partial charge is 0.398 e. The molecule has 0 radical (unpaired) electrons. The minimum atomic E-state index is -3.77. The van der Waals surface area contributed by atoms with E-state index >= 15 is 0 Å². The Kier molecular flexibility index (Phi) is 8.27. The van der Waals surface area contributed by atoms with Crippen LogP contribution in [0.1, 0.15) is 53.3 Å². The number of hydrogen-bond acceptors (Lipinski definition) is 5. The number of amides is 1. The number of rotatable bonds is 8. The van der Waals surface area contributed by atoms with E-state index in [1.807, 2.05) is 18.2 Å². The third-order valence-corrected chi connectivity index (χ3v) is 8.17. The number of anilines is 1. The van der Waals surface area contributed by atoms with E-state index in [1.54, 1.807) is 11.8 Å². The van der Waals surface area contributed by atoms with Crippen LogP contribution in [0, 0.1) is 5.92 Å². The van der Waals surface area contributed by atoms with Crippen molar-refractivity contribution in [2.24, 2.45) is 11.1 Å². The third kappa shape index (κ3) is 6.62. The minimum Gasteiger partial charge on any atom is -0.398 e. The molecule has 0 heterocycles. The van der Waals surface area contributed by atoms with E-state index < -0.39 is 10.0 Å². The van der Waals surface area contributed by atoms with Crippen LogP contribution in [-0.2, 0) is 10.0 Å². The van der Waals surface area contributed by atoms with E-state index in [4.69, 9.17) is 22.5 Å². The number of sulfonamides is 1. The first kappa shape index (κ1) is 23.9. The van der Waals surface area contributed by atoms with Crippen LogP contribution >= 0.6 is 23.4 Å². The summed E-state index contributed by atoms with van der Waals surface area (Å²) in [4.78, 5) is 12.4. The lowest BCUT2D eigenvalue weighted by atomic mass is 9.84. The van der Waals surface area contributed by atoms with Crippen LogP contribution in [0.2, 0.25) is 5.02 Å². The van der Waals surface area contributed by atoms with Crippen molar-refractivity contribution in [2.75, 3.05) is 18.0 Å². The zero-order chi connectivity index (χ0) is 22.4. The van der Waals surface area contributed by atoms with Gasteiger partial charge in [0.1, 0.15) is 0 Å². The first-order valence-electron chi connectivity index (χ1n) is 10.3. The Morgan fingerprint density at radius 2 is 1.81 bits per heavy atom. The van der Waals surface area contributed by atoms with Crippen molar-refractivity contribution in [1.29, 1.82) is 0 Å². The van der Waals surface area contributed by atoms with Crippen molar-refractivity contribution < 1.29 is 13.2 Å². The lowest BCUT2D eigenvalue weighted by Gasteiger charge is -2.31. The predicted molar refractivity (Wildman–Crippen MR) is 128 cm³/mol. The molecule has 5 N–H and O–H groups in total. The Hall–Kier alpha value is -1.74. The summed E-state index contributed by atoms with van der Waals surface area (Å²) in [6.07, 6.45) is 6.08. The number of benzene rings is 2. The van der Waals surface area contributed by atoms with Gasteiger partial charge in [-0.3, -0.25) is 4.79 Å². The number of nitrogens with two attached hydrogens (primary N) is 2. The van der Waals surface area contributed by atoms with Crippen LogP contribution in [0.25, 0.3) is 0 Å². The molecule has 0 aromatic heterocycles. The molecule has 0 spiro atoms. The number of primary sulfonamides is 1. The van der Waals surface area contributed by atoms with Gasteiger partial charge in [-0.25, -0.2) is 13.6 Å². The normalized spacial score (nSPS) is 16.1. The van der Waals surface area contributed by atoms with Crippen molar-refractivity contribution in [3.05, 3.63) is 58.6 Å². The van der Waals surface area contributed by atoms with Crippen molar-refractivity contribution >= 4 is 45.0 Å². The van der Waals surface area contributed by atoms with Crippen molar-refractivity contribution in [3.63, 3.8) is 0 Å². The molecule has 31 heavy (non-hydrogen) atoms. The van der Waals surface area contributed by atoms with Gasteiger partial charge in [0, 0.05) is 33.8 Å². The smallest absolute Gasteiger partial charge is 0.251 e. The summed E-state index contributed by atoms with van der Waals surface area (Å²) in [5.41, 5.74) is 8.50. The molecule has 2 aromatic carbocycles. The summed E-state index contributed by atoms with van der Waals surface area (Å²) in [5.74, 6) is 1.02. The summed E-state index contributed by atoms with van der Waals surface area (Å²) in [6, 6.07) is 11.2. The second-order valence-corrected chi connectivity index (χ2v) is 11.0. The van der Waals surface area contributed by atoms with Crippen molar-refractivity contribution in [3.8, 4) is 0 Å². The van der Waals surface area contributed by atoms with E-state index in [-0.39, 0.29) is 16.1 Å². The van der Waals surface area contributed by atoms with E-state index in [9.17, 15) is 13.2 Å². The lowest BCUT2D eigenvalue weighted by molar-refractivity contribution is 0.0956. The lowest BCUT2D eigenvalue weighted by Crippen LogP contribution is -2.26. The highest BCUT2D eigenvalue weighted by Gasteiger charge is 2.27. The van der Waals surface area contributed by atoms with Gasteiger partial charge in [-0.2, -0.15) is 11.8 Å². The number of nitrogen functional groups attached to an aromatic ring is 1.